The number of carboxylic acids is 1. The molecule has 8 rings (SSSR count). The summed E-state index contributed by atoms with van der Waals surface area (Å²) in [4.78, 5) is 19.4. The first kappa shape index (κ1) is 42.8. The highest BCUT2D eigenvalue weighted by molar-refractivity contribution is 7.91. The molecule has 0 bridgehead atoms. The topological polar surface area (TPSA) is 133 Å². The van der Waals surface area contributed by atoms with Gasteiger partial charge in [-0.25, -0.2) is 8.42 Å². The Labute approximate surface area is 354 Å². The van der Waals surface area contributed by atoms with Gasteiger partial charge in [0.05, 0.1) is 41.4 Å². The fraction of sp³-hybridized carbons (Fsp3) is 0.735. The Balaban J connectivity index is 0.970. The molecule has 5 fully saturated rings. The molecule has 2 heterocycles. The van der Waals surface area contributed by atoms with Gasteiger partial charge >= 0.3 is 5.97 Å². The SMILES string of the molecule is C=C(C)[C@@H]1CC[C@]2(NCCN3CCS(=O)(=O)CC3)CC[C@@]3(C)C4CC[C@H]5C(C)(C)C(C6=CCC(COCc7ncccc7C#N)(C(=O)O)CC6)=CC[C@]5(C)[C@H]4CC[C@@H]3[C@@H]12. The molecule has 322 valence electrons. The number of nitrogens with one attached hydrogen (secondary N) is 1. The van der Waals surface area contributed by atoms with E-state index in [2.05, 4.69) is 74.6 Å². The van der Waals surface area contributed by atoms with Crippen LogP contribution in [-0.4, -0.2) is 79.2 Å². The van der Waals surface area contributed by atoms with E-state index in [-0.39, 0.29) is 41.1 Å². The zero-order chi connectivity index (χ0) is 42.0. The van der Waals surface area contributed by atoms with Gasteiger partial charge in [0.25, 0.3) is 0 Å². The van der Waals surface area contributed by atoms with Crippen molar-refractivity contribution in [3.63, 3.8) is 0 Å². The lowest BCUT2D eigenvalue weighted by Crippen LogP contribution is -2.65. The summed E-state index contributed by atoms with van der Waals surface area (Å²) >= 11 is 0. The molecular weight excluding hydrogens is 757 g/mol. The van der Waals surface area contributed by atoms with Gasteiger partial charge in [-0.1, -0.05) is 52.0 Å². The van der Waals surface area contributed by atoms with Crippen molar-refractivity contribution < 1.29 is 23.1 Å². The van der Waals surface area contributed by atoms with E-state index in [1.807, 2.05) is 0 Å². The van der Waals surface area contributed by atoms with E-state index >= 15 is 0 Å². The molecule has 6 aliphatic carbocycles. The number of aliphatic carboxylic acids is 1. The Hall–Kier alpha value is -2.84. The first-order valence-corrected chi connectivity index (χ1v) is 24.7. The molecule has 0 spiro atoms. The van der Waals surface area contributed by atoms with Gasteiger partial charge < -0.3 is 20.1 Å². The second kappa shape index (κ2) is 15.8. The number of hydrogen-bond donors (Lipinski definition) is 2. The molecule has 1 saturated heterocycles. The normalized spacial score (nSPS) is 39.9. The summed E-state index contributed by atoms with van der Waals surface area (Å²) in [5.74, 6) is 3.58. The summed E-state index contributed by atoms with van der Waals surface area (Å²) < 4.78 is 30.1. The predicted octanol–water partition coefficient (Wildman–Crippen LogP) is 8.53. The number of rotatable bonds is 11. The average molecular weight is 827 g/mol. The molecule has 59 heavy (non-hydrogen) atoms. The van der Waals surface area contributed by atoms with Crippen LogP contribution in [0.3, 0.4) is 0 Å². The maximum atomic E-state index is 12.8. The number of carboxylic acid groups (broad SMARTS) is 1. The molecular formula is C49H70N4O5S. The van der Waals surface area contributed by atoms with Gasteiger partial charge in [0, 0.05) is 37.9 Å². The Morgan fingerprint density at radius 1 is 1.00 bits per heavy atom. The van der Waals surface area contributed by atoms with Crippen molar-refractivity contribution in [2.75, 3.05) is 44.3 Å². The third kappa shape index (κ3) is 7.40. The van der Waals surface area contributed by atoms with Gasteiger partial charge in [-0.05, 0) is 159 Å². The maximum absolute atomic E-state index is 12.8. The molecule has 9 nitrogen and oxygen atoms in total. The smallest absolute Gasteiger partial charge is 0.312 e. The number of sulfone groups is 1. The number of ether oxygens (including phenoxy) is 1. The van der Waals surface area contributed by atoms with Gasteiger partial charge in [-0.3, -0.25) is 9.78 Å². The molecule has 1 aliphatic heterocycles. The second-order valence-electron chi connectivity index (χ2n) is 21.3. The minimum Gasteiger partial charge on any atom is -0.481 e. The van der Waals surface area contributed by atoms with Gasteiger partial charge in [-0.15, -0.1) is 0 Å². The van der Waals surface area contributed by atoms with E-state index in [0.29, 0.717) is 78.1 Å². The summed E-state index contributed by atoms with van der Waals surface area (Å²) in [6.45, 7) is 20.6. The van der Waals surface area contributed by atoms with Crippen LogP contribution in [0.1, 0.15) is 123 Å². The van der Waals surface area contributed by atoms with Crippen LogP contribution in [0.2, 0.25) is 0 Å². The zero-order valence-electron chi connectivity index (χ0n) is 36.5. The lowest BCUT2D eigenvalue weighted by molar-refractivity contribution is -0.170. The summed E-state index contributed by atoms with van der Waals surface area (Å²) in [5, 5.41) is 24.1. The number of fused-ring (bicyclic) bond motifs is 7. The maximum Gasteiger partial charge on any atom is 0.312 e. The van der Waals surface area contributed by atoms with E-state index in [1.54, 1.807) is 18.3 Å². The van der Waals surface area contributed by atoms with Crippen LogP contribution in [0.15, 0.2) is 53.8 Å². The number of pyridine rings is 1. The average Bonchev–Trinajstić information content (AvgIpc) is 3.59. The monoisotopic (exact) mass is 827 g/mol. The first-order chi connectivity index (χ1) is 28.0. The largest absolute Gasteiger partial charge is 0.481 e. The van der Waals surface area contributed by atoms with Crippen LogP contribution < -0.4 is 5.32 Å². The molecule has 10 atom stereocenters. The summed E-state index contributed by atoms with van der Waals surface area (Å²) in [7, 11) is -2.88. The van der Waals surface area contributed by atoms with E-state index in [1.165, 1.54) is 68.1 Å². The molecule has 2 N–H and O–H groups in total. The third-order valence-electron chi connectivity index (χ3n) is 18.2. The number of nitriles is 1. The minimum atomic E-state index is -2.88. The predicted molar refractivity (Wildman–Crippen MR) is 232 cm³/mol. The lowest BCUT2D eigenvalue weighted by atomic mass is 9.37. The molecule has 4 saturated carbocycles. The quantitative estimate of drug-likeness (QED) is 0.211. The fourth-order valence-electron chi connectivity index (χ4n) is 15.0. The molecule has 7 aliphatic rings. The Bertz CT molecular complexity index is 2020. The van der Waals surface area contributed by atoms with Gasteiger partial charge in [-0.2, -0.15) is 5.26 Å². The third-order valence-corrected chi connectivity index (χ3v) is 19.8. The summed E-state index contributed by atoms with van der Waals surface area (Å²) in [6, 6.07) is 5.59. The number of nitrogens with zero attached hydrogens (tertiary/aromatic N) is 3. The summed E-state index contributed by atoms with van der Waals surface area (Å²) in [5.41, 5.74) is 4.82. The van der Waals surface area contributed by atoms with Crippen LogP contribution in [0.25, 0.3) is 0 Å². The number of carbonyl (C=O) groups is 1. The molecule has 2 unspecified atom stereocenters. The van der Waals surface area contributed by atoms with Crippen molar-refractivity contribution in [1.82, 2.24) is 15.2 Å². The standard InChI is InChI=1S/C49H70N4O5S/c1-33(2)36-15-20-49(52-24-25-53-26-28-59(56,57)29-27-53)22-21-46(5)38-11-12-42-45(3,4)37(16-17-47(42,6)39(38)9-10-40(46)43(36)49)34-13-18-48(19-14-34,44(54)55)32-58-31-41-35(30-50)8-7-23-51-41/h7-8,13,16,23,36,38-40,42-43,52H,1,9-12,14-15,17-22,24-29,31-32H2,2-6H3,(H,54,55)/t36-,38?,39-,40+,42-,43+,46-,47+,48?,49-/m0/s1. The van der Waals surface area contributed by atoms with Crippen LogP contribution in [0.5, 0.6) is 0 Å². The van der Waals surface area contributed by atoms with E-state index < -0.39 is 21.2 Å². The van der Waals surface area contributed by atoms with E-state index in [9.17, 15) is 23.6 Å². The molecule has 1 aromatic rings. The fourth-order valence-corrected chi connectivity index (χ4v) is 16.3. The van der Waals surface area contributed by atoms with Crippen LogP contribution in [0, 0.1) is 68.5 Å². The zero-order valence-corrected chi connectivity index (χ0v) is 37.3. The second-order valence-corrected chi connectivity index (χ2v) is 23.6. The highest BCUT2D eigenvalue weighted by atomic mass is 32.2. The Kier molecular flexibility index (Phi) is 11.5. The van der Waals surface area contributed by atoms with Crippen molar-refractivity contribution in [3.05, 3.63) is 65.0 Å². The number of allylic oxidation sites excluding steroid dienone is 5. The van der Waals surface area contributed by atoms with Crippen LogP contribution in [0.4, 0.5) is 0 Å². The highest BCUT2D eigenvalue weighted by Gasteiger charge is 2.66. The van der Waals surface area contributed by atoms with Gasteiger partial charge in [0.15, 0.2) is 9.84 Å². The molecule has 1 aromatic heterocycles. The van der Waals surface area contributed by atoms with Crippen LogP contribution in [-0.2, 0) is 26.0 Å². The molecule has 0 amide bonds. The molecule has 0 aromatic carbocycles. The van der Waals surface area contributed by atoms with E-state index in [4.69, 9.17) is 4.74 Å². The van der Waals surface area contributed by atoms with Crippen molar-refractivity contribution >= 4 is 15.8 Å². The van der Waals surface area contributed by atoms with Crippen LogP contribution >= 0.6 is 0 Å². The number of hydrogen-bond acceptors (Lipinski definition) is 8. The van der Waals surface area contributed by atoms with Crippen molar-refractivity contribution in [2.45, 2.75) is 124 Å². The van der Waals surface area contributed by atoms with Crippen molar-refractivity contribution in [1.29, 1.82) is 5.26 Å². The first-order valence-electron chi connectivity index (χ1n) is 22.9. The molecule has 10 heteroatoms. The Morgan fingerprint density at radius 3 is 2.42 bits per heavy atom. The van der Waals surface area contributed by atoms with Gasteiger partial charge in [0.1, 0.15) is 6.07 Å². The highest BCUT2D eigenvalue weighted by Crippen LogP contribution is 2.72. The number of aromatic nitrogens is 1. The van der Waals surface area contributed by atoms with Gasteiger partial charge in [0.2, 0.25) is 0 Å². The Morgan fingerprint density at radius 2 is 1.73 bits per heavy atom. The minimum absolute atomic E-state index is 0.00532. The van der Waals surface area contributed by atoms with Crippen molar-refractivity contribution in [3.8, 4) is 6.07 Å². The van der Waals surface area contributed by atoms with E-state index in [0.717, 1.165) is 25.9 Å². The summed E-state index contributed by atoms with van der Waals surface area (Å²) in [6.07, 6.45) is 19.3. The lowest BCUT2D eigenvalue weighted by Gasteiger charge is -2.68. The van der Waals surface area contributed by atoms with Crippen molar-refractivity contribution in [2.24, 2.45) is 57.2 Å². The molecule has 0 radical (unpaired) electrons.